The Morgan fingerprint density at radius 3 is 2.83 bits per heavy atom. The van der Waals surface area contributed by atoms with Crippen LogP contribution in [0.4, 0.5) is 11.4 Å². The Morgan fingerprint density at radius 2 is 2.17 bits per heavy atom. The zero-order chi connectivity index (χ0) is 13.1. The van der Waals surface area contributed by atoms with Gasteiger partial charge in [0.1, 0.15) is 5.15 Å². The Bertz CT molecular complexity index is 450. The fourth-order valence-corrected chi connectivity index (χ4v) is 2.57. The van der Waals surface area contributed by atoms with Gasteiger partial charge in [0.25, 0.3) is 0 Å². The van der Waals surface area contributed by atoms with Crippen molar-refractivity contribution in [2.24, 2.45) is 5.92 Å². The van der Waals surface area contributed by atoms with Crippen LogP contribution in [-0.2, 0) is 4.79 Å². The van der Waals surface area contributed by atoms with Crippen LogP contribution in [0.2, 0.25) is 5.15 Å². The van der Waals surface area contributed by atoms with Crippen LogP contribution in [0.25, 0.3) is 0 Å². The van der Waals surface area contributed by atoms with E-state index in [9.17, 15) is 4.79 Å². The van der Waals surface area contributed by atoms with Crippen molar-refractivity contribution >= 4 is 28.9 Å². The zero-order valence-corrected chi connectivity index (χ0v) is 11.4. The van der Waals surface area contributed by atoms with Gasteiger partial charge in [0.05, 0.1) is 23.5 Å². The number of anilines is 2. The molecule has 1 aliphatic heterocycles. The Morgan fingerprint density at radius 1 is 1.39 bits per heavy atom. The first kappa shape index (κ1) is 13.1. The molecule has 0 bridgehead atoms. The minimum atomic E-state index is -0.0175. The van der Waals surface area contributed by atoms with Crippen molar-refractivity contribution in [2.75, 3.05) is 10.6 Å². The monoisotopic (exact) mass is 267 g/mol. The summed E-state index contributed by atoms with van der Waals surface area (Å²) in [7, 11) is 0. The van der Waals surface area contributed by atoms with E-state index in [1.807, 2.05) is 6.92 Å². The van der Waals surface area contributed by atoms with Gasteiger partial charge in [0.2, 0.25) is 5.91 Å². The summed E-state index contributed by atoms with van der Waals surface area (Å²) < 4.78 is 0. The van der Waals surface area contributed by atoms with E-state index < -0.39 is 0 Å². The summed E-state index contributed by atoms with van der Waals surface area (Å²) in [6, 6.07) is 1.91. The summed E-state index contributed by atoms with van der Waals surface area (Å²) in [5, 5.41) is 6.77. The summed E-state index contributed by atoms with van der Waals surface area (Å²) in [6.07, 6.45) is 4.42. The lowest BCUT2D eigenvalue weighted by atomic mass is 9.93. The molecule has 4 nitrogen and oxygen atoms in total. The van der Waals surface area contributed by atoms with E-state index in [0.717, 1.165) is 24.9 Å². The van der Waals surface area contributed by atoms with Crippen LogP contribution in [0.15, 0.2) is 12.3 Å². The Hall–Kier alpha value is -1.29. The Balaban J connectivity index is 2.35. The average molecular weight is 268 g/mol. The topological polar surface area (TPSA) is 54.0 Å². The van der Waals surface area contributed by atoms with Crippen LogP contribution in [-0.4, -0.2) is 16.9 Å². The minimum absolute atomic E-state index is 0.0175. The number of nitrogens with zero attached hydrogens (tertiary/aromatic N) is 1. The molecule has 0 saturated carbocycles. The van der Waals surface area contributed by atoms with Crippen molar-refractivity contribution in [3.63, 3.8) is 0 Å². The van der Waals surface area contributed by atoms with Gasteiger partial charge in [-0.1, -0.05) is 31.9 Å². The lowest BCUT2D eigenvalue weighted by molar-refractivity contribution is -0.120. The number of hydrogen-bond donors (Lipinski definition) is 2. The molecule has 0 spiro atoms. The Labute approximate surface area is 112 Å². The summed E-state index contributed by atoms with van der Waals surface area (Å²) >= 11 is 5.90. The summed E-state index contributed by atoms with van der Waals surface area (Å²) in [6.45, 7) is 4.16. The number of carbonyl (C=O) groups excluding carboxylic acids is 1. The van der Waals surface area contributed by atoms with Gasteiger partial charge in [-0.25, -0.2) is 4.98 Å². The molecule has 98 valence electrons. The van der Waals surface area contributed by atoms with Crippen LogP contribution in [0.1, 0.15) is 33.1 Å². The fraction of sp³-hybridized carbons (Fsp3) is 0.538. The number of hydrogen-bond acceptors (Lipinski definition) is 3. The summed E-state index contributed by atoms with van der Waals surface area (Å²) in [5.41, 5.74) is 1.57. The number of pyridine rings is 1. The van der Waals surface area contributed by atoms with Gasteiger partial charge in [-0.2, -0.15) is 0 Å². The molecule has 2 heterocycles. The number of amides is 1. The van der Waals surface area contributed by atoms with E-state index in [4.69, 9.17) is 11.6 Å². The highest BCUT2D eigenvalue weighted by Crippen LogP contribution is 2.31. The van der Waals surface area contributed by atoms with E-state index in [1.54, 1.807) is 12.3 Å². The predicted octanol–water partition coefficient (Wildman–Crippen LogP) is 3.29. The summed E-state index contributed by atoms with van der Waals surface area (Å²) in [5.74, 6) is 0.0439. The molecule has 1 aromatic rings. The van der Waals surface area contributed by atoms with Gasteiger partial charge in [0.15, 0.2) is 0 Å². The number of carbonyl (C=O) groups is 1. The minimum Gasteiger partial charge on any atom is -0.380 e. The first-order chi connectivity index (χ1) is 8.65. The van der Waals surface area contributed by atoms with Crippen molar-refractivity contribution in [2.45, 2.75) is 39.2 Å². The number of aromatic nitrogens is 1. The van der Waals surface area contributed by atoms with E-state index in [-0.39, 0.29) is 17.9 Å². The van der Waals surface area contributed by atoms with Crippen molar-refractivity contribution in [3.8, 4) is 0 Å². The third-order valence-corrected chi connectivity index (χ3v) is 3.54. The van der Waals surface area contributed by atoms with Gasteiger partial charge in [-0.05, 0) is 12.8 Å². The highest BCUT2D eigenvalue weighted by molar-refractivity contribution is 6.29. The molecule has 0 aliphatic carbocycles. The third kappa shape index (κ3) is 2.58. The molecule has 1 amide bonds. The van der Waals surface area contributed by atoms with Crippen LogP contribution in [0.3, 0.4) is 0 Å². The van der Waals surface area contributed by atoms with E-state index in [0.29, 0.717) is 10.8 Å². The first-order valence-corrected chi connectivity index (χ1v) is 6.76. The van der Waals surface area contributed by atoms with Crippen molar-refractivity contribution in [3.05, 3.63) is 17.4 Å². The second kappa shape index (κ2) is 5.57. The number of nitrogens with one attached hydrogen (secondary N) is 2. The first-order valence-electron chi connectivity index (χ1n) is 6.38. The maximum atomic E-state index is 12.2. The van der Waals surface area contributed by atoms with Gasteiger partial charge in [-0.15, -0.1) is 0 Å². The lowest BCUT2D eigenvalue weighted by Gasteiger charge is -2.23. The third-order valence-electron chi connectivity index (χ3n) is 3.33. The van der Waals surface area contributed by atoms with E-state index in [2.05, 4.69) is 22.5 Å². The van der Waals surface area contributed by atoms with Crippen molar-refractivity contribution in [1.82, 2.24) is 4.98 Å². The zero-order valence-electron chi connectivity index (χ0n) is 10.7. The average Bonchev–Trinajstić information content (AvgIpc) is 2.45. The highest BCUT2D eigenvalue weighted by atomic mass is 35.5. The standard InChI is InChI=1S/C13H18ClN3O/c1-3-5-9-8(4-2)13(18)17-11-7-15-12(14)6-10(11)16-9/h6-9,16H,3-5H2,1-2H3,(H,17,18). The van der Waals surface area contributed by atoms with E-state index in [1.165, 1.54) is 0 Å². The molecule has 5 heteroatoms. The molecule has 2 unspecified atom stereocenters. The molecule has 2 N–H and O–H groups in total. The predicted molar refractivity (Wildman–Crippen MR) is 74.0 cm³/mol. The van der Waals surface area contributed by atoms with Crippen LogP contribution in [0.5, 0.6) is 0 Å². The molecule has 0 aromatic carbocycles. The molecular formula is C13H18ClN3O. The van der Waals surface area contributed by atoms with Gasteiger partial charge >= 0.3 is 0 Å². The van der Waals surface area contributed by atoms with Gasteiger partial charge in [-0.3, -0.25) is 4.79 Å². The highest BCUT2D eigenvalue weighted by Gasteiger charge is 2.30. The van der Waals surface area contributed by atoms with Crippen LogP contribution in [0, 0.1) is 5.92 Å². The molecule has 0 fully saturated rings. The van der Waals surface area contributed by atoms with Crippen molar-refractivity contribution < 1.29 is 4.79 Å². The molecule has 0 radical (unpaired) electrons. The van der Waals surface area contributed by atoms with Gasteiger partial charge < -0.3 is 10.6 Å². The largest absolute Gasteiger partial charge is 0.380 e. The van der Waals surface area contributed by atoms with Crippen molar-refractivity contribution in [1.29, 1.82) is 0 Å². The second-order valence-corrected chi connectivity index (χ2v) is 4.98. The Kier molecular flexibility index (Phi) is 4.07. The normalized spacial score (nSPS) is 22.7. The summed E-state index contributed by atoms with van der Waals surface area (Å²) in [4.78, 5) is 16.2. The fourth-order valence-electron chi connectivity index (χ4n) is 2.41. The number of halogens is 1. The molecular weight excluding hydrogens is 250 g/mol. The smallest absolute Gasteiger partial charge is 0.229 e. The van der Waals surface area contributed by atoms with Crippen LogP contribution < -0.4 is 10.6 Å². The second-order valence-electron chi connectivity index (χ2n) is 4.60. The molecule has 18 heavy (non-hydrogen) atoms. The number of fused-ring (bicyclic) bond motifs is 1. The SMILES string of the molecule is CCCC1Nc2cc(Cl)ncc2NC(=O)C1CC. The van der Waals surface area contributed by atoms with Crippen LogP contribution >= 0.6 is 11.6 Å². The molecule has 1 aromatic heterocycles. The molecule has 2 atom stereocenters. The molecule has 2 rings (SSSR count). The van der Waals surface area contributed by atoms with E-state index >= 15 is 0 Å². The molecule has 1 aliphatic rings. The lowest BCUT2D eigenvalue weighted by Crippen LogP contribution is -2.34. The quantitative estimate of drug-likeness (QED) is 0.827. The number of rotatable bonds is 3. The van der Waals surface area contributed by atoms with Gasteiger partial charge in [0, 0.05) is 12.1 Å². The maximum absolute atomic E-state index is 12.2. The molecule has 0 saturated heterocycles. The maximum Gasteiger partial charge on any atom is 0.229 e.